The fourth-order valence-corrected chi connectivity index (χ4v) is 3.48. The normalized spacial score (nSPS) is 12.2. The third kappa shape index (κ3) is 13.2. The van der Waals surface area contributed by atoms with Crippen molar-refractivity contribution in [2.45, 2.75) is 103 Å². The minimum Gasteiger partial charge on any atom is -0.492 e. The molecule has 1 rings (SSSR count). The van der Waals surface area contributed by atoms with E-state index in [4.69, 9.17) is 4.74 Å². The molecule has 1 aromatic carbocycles. The molecule has 0 heterocycles. The van der Waals surface area contributed by atoms with Crippen LogP contribution in [0.4, 0.5) is 0 Å². The number of hydrogen-bond donors (Lipinski definition) is 1. The number of ether oxygens (including phenoxy) is 1. The molecule has 1 N–H and O–H groups in total. The highest BCUT2D eigenvalue weighted by Gasteiger charge is 2.08. The molecule has 1 atom stereocenters. The van der Waals surface area contributed by atoms with E-state index >= 15 is 0 Å². The molecule has 0 amide bonds. The van der Waals surface area contributed by atoms with Gasteiger partial charge in [-0.3, -0.25) is 0 Å². The third-order valence-electron chi connectivity index (χ3n) is 5.09. The van der Waals surface area contributed by atoms with Crippen LogP contribution in [0.5, 0.6) is 5.75 Å². The van der Waals surface area contributed by atoms with E-state index in [0.717, 1.165) is 18.9 Å². The summed E-state index contributed by atoms with van der Waals surface area (Å²) in [5.41, 5.74) is 0. The van der Waals surface area contributed by atoms with Crippen LogP contribution in [-0.2, 0) is 0 Å². The Kier molecular flexibility index (Phi) is 15.4. The fourth-order valence-electron chi connectivity index (χ4n) is 3.48. The molecular weight excluding hydrogens is 318 g/mol. The molecule has 0 aliphatic carbocycles. The summed E-state index contributed by atoms with van der Waals surface area (Å²) in [6.45, 7) is 6.26. The molecule has 150 valence electrons. The first kappa shape index (κ1) is 23.0. The van der Waals surface area contributed by atoms with Crippen molar-refractivity contribution in [3.63, 3.8) is 0 Å². The van der Waals surface area contributed by atoms with Gasteiger partial charge in [-0.15, -0.1) is 0 Å². The van der Waals surface area contributed by atoms with Crippen LogP contribution in [0.1, 0.15) is 97.3 Å². The molecule has 0 aliphatic heterocycles. The summed E-state index contributed by atoms with van der Waals surface area (Å²) in [4.78, 5) is 0. The quantitative estimate of drug-likeness (QED) is 0.281. The van der Waals surface area contributed by atoms with Crippen LogP contribution >= 0.6 is 0 Å². The van der Waals surface area contributed by atoms with Gasteiger partial charge in [0.25, 0.3) is 0 Å². The highest BCUT2D eigenvalue weighted by molar-refractivity contribution is 5.20. The van der Waals surface area contributed by atoms with Gasteiger partial charge >= 0.3 is 0 Å². The minimum absolute atomic E-state index is 0.475. The van der Waals surface area contributed by atoms with Crippen LogP contribution in [0, 0.1) is 0 Å². The second-order valence-corrected chi connectivity index (χ2v) is 7.56. The van der Waals surface area contributed by atoms with Crippen LogP contribution in [-0.4, -0.2) is 19.2 Å². The van der Waals surface area contributed by atoms with Gasteiger partial charge in [-0.05, 0) is 25.1 Å². The lowest BCUT2D eigenvalue weighted by Gasteiger charge is -2.18. The Morgan fingerprint density at radius 2 is 1.27 bits per heavy atom. The summed E-state index contributed by atoms with van der Waals surface area (Å²) >= 11 is 0. The van der Waals surface area contributed by atoms with Crippen molar-refractivity contribution in [1.29, 1.82) is 0 Å². The zero-order valence-corrected chi connectivity index (χ0v) is 17.5. The van der Waals surface area contributed by atoms with E-state index in [1.54, 1.807) is 0 Å². The number of nitrogens with one attached hydrogen (secondary N) is 1. The van der Waals surface area contributed by atoms with Gasteiger partial charge in [0.05, 0.1) is 0 Å². The van der Waals surface area contributed by atoms with E-state index in [1.807, 2.05) is 30.3 Å². The van der Waals surface area contributed by atoms with Crippen LogP contribution in [0.2, 0.25) is 0 Å². The van der Waals surface area contributed by atoms with Crippen LogP contribution in [0.25, 0.3) is 0 Å². The summed E-state index contributed by atoms with van der Waals surface area (Å²) in [7, 11) is 0. The summed E-state index contributed by atoms with van der Waals surface area (Å²) in [5.74, 6) is 0.977. The van der Waals surface area contributed by atoms with E-state index in [9.17, 15) is 0 Å². The molecule has 1 aromatic rings. The smallest absolute Gasteiger partial charge is 0.119 e. The molecule has 0 fully saturated rings. The first-order chi connectivity index (χ1) is 12.9. The number of benzene rings is 1. The van der Waals surface area contributed by atoms with Crippen molar-refractivity contribution < 1.29 is 4.74 Å². The van der Waals surface area contributed by atoms with Gasteiger partial charge in [0, 0.05) is 6.04 Å². The maximum absolute atomic E-state index is 5.92. The lowest BCUT2D eigenvalue weighted by molar-refractivity contribution is 0.255. The highest BCUT2D eigenvalue weighted by atomic mass is 16.5. The monoisotopic (exact) mass is 361 g/mol. The average molecular weight is 362 g/mol. The largest absolute Gasteiger partial charge is 0.492 e. The van der Waals surface area contributed by atoms with Gasteiger partial charge in [-0.1, -0.05) is 109 Å². The lowest BCUT2D eigenvalue weighted by atomic mass is 10.0. The number of likely N-dealkylation sites (N-methyl/N-ethyl adjacent to an activating group) is 1. The van der Waals surface area contributed by atoms with Crippen molar-refractivity contribution in [3.05, 3.63) is 30.3 Å². The molecule has 1 unspecified atom stereocenters. The van der Waals surface area contributed by atoms with Gasteiger partial charge in [0.1, 0.15) is 12.4 Å². The topological polar surface area (TPSA) is 21.3 Å². The van der Waals surface area contributed by atoms with Gasteiger partial charge in [0.15, 0.2) is 0 Å². The third-order valence-corrected chi connectivity index (χ3v) is 5.09. The molecule has 0 aliphatic rings. The van der Waals surface area contributed by atoms with E-state index in [2.05, 4.69) is 19.2 Å². The zero-order valence-electron chi connectivity index (χ0n) is 17.5. The first-order valence-electron chi connectivity index (χ1n) is 11.3. The number of unbranched alkanes of at least 4 members (excludes halogenated alkanes) is 11. The summed E-state index contributed by atoms with van der Waals surface area (Å²) in [6.07, 6.45) is 18.1. The molecule has 0 bridgehead atoms. The van der Waals surface area contributed by atoms with Crippen LogP contribution < -0.4 is 10.1 Å². The minimum atomic E-state index is 0.475. The average Bonchev–Trinajstić information content (AvgIpc) is 2.67. The maximum atomic E-state index is 5.92. The van der Waals surface area contributed by atoms with Gasteiger partial charge < -0.3 is 10.1 Å². The molecule has 0 aromatic heterocycles. The standard InChI is InChI=1S/C24H43NO/c1-3-5-6-7-8-9-10-11-12-13-14-16-19-23(25-4-2)22-26-24-20-17-15-18-21-24/h15,17-18,20-21,23,25H,3-14,16,19,22H2,1-2H3. The second kappa shape index (κ2) is 17.4. The van der Waals surface area contributed by atoms with Gasteiger partial charge in [0.2, 0.25) is 0 Å². The van der Waals surface area contributed by atoms with Crippen LogP contribution in [0.15, 0.2) is 30.3 Å². The van der Waals surface area contributed by atoms with E-state index in [0.29, 0.717) is 6.04 Å². The van der Waals surface area contributed by atoms with Crippen molar-refractivity contribution in [2.24, 2.45) is 0 Å². The van der Waals surface area contributed by atoms with Crippen molar-refractivity contribution >= 4 is 0 Å². The number of rotatable bonds is 18. The van der Waals surface area contributed by atoms with Gasteiger partial charge in [-0.2, -0.15) is 0 Å². The molecule has 0 radical (unpaired) electrons. The van der Waals surface area contributed by atoms with Crippen LogP contribution in [0.3, 0.4) is 0 Å². The molecule has 26 heavy (non-hydrogen) atoms. The predicted molar refractivity (Wildman–Crippen MR) is 115 cm³/mol. The Hall–Kier alpha value is -1.02. The SMILES string of the molecule is CCCCCCCCCCCCCCC(COc1ccccc1)NCC. The highest BCUT2D eigenvalue weighted by Crippen LogP contribution is 2.14. The van der Waals surface area contributed by atoms with Crippen molar-refractivity contribution in [2.75, 3.05) is 13.2 Å². The number of para-hydroxylation sites is 1. The Morgan fingerprint density at radius 3 is 1.81 bits per heavy atom. The second-order valence-electron chi connectivity index (χ2n) is 7.56. The molecule has 2 nitrogen and oxygen atoms in total. The summed E-state index contributed by atoms with van der Waals surface area (Å²) in [6, 6.07) is 10.6. The fraction of sp³-hybridized carbons (Fsp3) is 0.750. The molecule has 0 saturated heterocycles. The molecule has 2 heteroatoms. The van der Waals surface area contributed by atoms with E-state index in [-0.39, 0.29) is 0 Å². The van der Waals surface area contributed by atoms with E-state index in [1.165, 1.54) is 83.5 Å². The maximum Gasteiger partial charge on any atom is 0.119 e. The zero-order chi connectivity index (χ0) is 18.7. The molecule has 0 saturated carbocycles. The first-order valence-corrected chi connectivity index (χ1v) is 11.3. The van der Waals surface area contributed by atoms with Gasteiger partial charge in [-0.25, -0.2) is 0 Å². The Labute approximate surface area is 163 Å². The summed E-state index contributed by atoms with van der Waals surface area (Å²) < 4.78 is 5.92. The molecular formula is C24H43NO. The lowest BCUT2D eigenvalue weighted by Crippen LogP contribution is -2.34. The number of hydrogen-bond acceptors (Lipinski definition) is 2. The Bertz CT molecular complexity index is 392. The predicted octanol–water partition coefficient (Wildman–Crippen LogP) is 7.13. The van der Waals surface area contributed by atoms with Crippen molar-refractivity contribution in [3.8, 4) is 5.75 Å². The summed E-state index contributed by atoms with van der Waals surface area (Å²) in [5, 5.41) is 3.57. The Balaban J connectivity index is 1.95. The Morgan fingerprint density at radius 1 is 0.731 bits per heavy atom. The van der Waals surface area contributed by atoms with Crippen molar-refractivity contribution in [1.82, 2.24) is 5.32 Å². The molecule has 0 spiro atoms. The van der Waals surface area contributed by atoms with E-state index < -0.39 is 0 Å².